The summed E-state index contributed by atoms with van der Waals surface area (Å²) in [5, 5.41) is 3.49. The van der Waals surface area contributed by atoms with Crippen LogP contribution in [0.4, 0.5) is 10.8 Å². The molecule has 28 heavy (non-hydrogen) atoms. The minimum Gasteiger partial charge on any atom is -0.375 e. The Morgan fingerprint density at radius 3 is 2.68 bits per heavy atom. The Bertz CT molecular complexity index is 899. The summed E-state index contributed by atoms with van der Waals surface area (Å²) >= 11 is 9.47. The van der Waals surface area contributed by atoms with Crippen LogP contribution in [-0.4, -0.2) is 42.6 Å². The second kappa shape index (κ2) is 9.27. The smallest absolute Gasteiger partial charge is 0.180 e. The molecule has 0 aliphatic carbocycles. The molecule has 4 nitrogen and oxygen atoms in total. The number of hydrogen-bond acceptors (Lipinski definition) is 6. The fourth-order valence-corrected chi connectivity index (χ4v) is 5.42. The maximum atomic E-state index is 6.12. The first-order valence-corrected chi connectivity index (χ1v) is 11.8. The number of nitrogens with zero attached hydrogens (tertiary/aromatic N) is 3. The van der Waals surface area contributed by atoms with Crippen molar-refractivity contribution in [1.29, 1.82) is 0 Å². The first-order valence-electron chi connectivity index (χ1n) is 9.70. The van der Waals surface area contributed by atoms with Gasteiger partial charge >= 0.3 is 0 Å². The Hall–Kier alpha value is -1.60. The van der Waals surface area contributed by atoms with Gasteiger partial charge in [-0.2, -0.15) is 0 Å². The van der Waals surface area contributed by atoms with E-state index in [-0.39, 0.29) is 0 Å². The number of aromatic nitrogens is 1. The number of thiazole rings is 1. The molecular formula is C21H25ClN4S2. The zero-order chi connectivity index (χ0) is 19.3. The van der Waals surface area contributed by atoms with Gasteiger partial charge < -0.3 is 10.6 Å². The van der Waals surface area contributed by atoms with Gasteiger partial charge in [0.05, 0.1) is 10.6 Å². The van der Waals surface area contributed by atoms with Gasteiger partial charge in [-0.15, -0.1) is 22.7 Å². The minimum atomic E-state index is 0.639. The molecule has 1 saturated heterocycles. The quantitative estimate of drug-likeness (QED) is 0.518. The molecule has 2 aromatic heterocycles. The van der Waals surface area contributed by atoms with E-state index in [2.05, 4.69) is 39.0 Å². The maximum absolute atomic E-state index is 6.12. The molecular weight excluding hydrogens is 408 g/mol. The summed E-state index contributed by atoms with van der Waals surface area (Å²) in [6, 6.07) is 12.6. The van der Waals surface area contributed by atoms with Gasteiger partial charge in [-0.25, -0.2) is 4.98 Å². The summed E-state index contributed by atoms with van der Waals surface area (Å²) < 4.78 is 0. The normalized spacial score (nSPS) is 15.2. The molecule has 0 spiro atoms. The molecule has 0 saturated carbocycles. The summed E-state index contributed by atoms with van der Waals surface area (Å²) in [6.07, 6.45) is 3.62. The van der Waals surface area contributed by atoms with Crippen LogP contribution in [0.15, 0.2) is 41.8 Å². The second-order valence-corrected chi connectivity index (χ2v) is 9.60. The van der Waals surface area contributed by atoms with Crippen molar-refractivity contribution in [2.45, 2.75) is 19.3 Å². The minimum absolute atomic E-state index is 0.639. The van der Waals surface area contributed by atoms with Crippen LogP contribution < -0.4 is 10.6 Å². The highest BCUT2D eigenvalue weighted by Gasteiger charge is 2.17. The van der Waals surface area contributed by atoms with E-state index in [0.29, 0.717) is 5.13 Å². The van der Waals surface area contributed by atoms with Crippen LogP contribution >= 0.6 is 34.3 Å². The third-order valence-corrected chi connectivity index (χ3v) is 7.21. The van der Waals surface area contributed by atoms with Crippen LogP contribution in [0, 0.1) is 0 Å². The van der Waals surface area contributed by atoms with Crippen molar-refractivity contribution >= 4 is 45.1 Å². The standard InChI is InChI=1S/C21H25ClN4S2/c22-16-4-3-5-17(14-16)26-12-10-25(11-13-26)9-2-1-6-18-7-8-20(28-18)19-15-27-21(23)24-19/h3-5,7-8,14-15H,1-2,6,9-13H2,(H2,23,24). The molecule has 1 aliphatic heterocycles. The zero-order valence-electron chi connectivity index (χ0n) is 15.8. The molecule has 0 unspecified atom stereocenters. The highest BCUT2D eigenvalue weighted by atomic mass is 35.5. The fraction of sp³-hybridized carbons (Fsp3) is 0.381. The molecule has 0 atom stereocenters. The number of benzene rings is 1. The van der Waals surface area contributed by atoms with E-state index in [1.165, 1.54) is 46.2 Å². The van der Waals surface area contributed by atoms with Gasteiger partial charge in [-0.05, 0) is 56.1 Å². The molecule has 3 aromatic rings. The Kier molecular flexibility index (Phi) is 6.52. The van der Waals surface area contributed by atoms with E-state index >= 15 is 0 Å². The Morgan fingerprint density at radius 2 is 1.93 bits per heavy atom. The average Bonchev–Trinajstić information content (AvgIpc) is 3.35. The fourth-order valence-electron chi connectivity index (χ4n) is 3.59. The van der Waals surface area contributed by atoms with Crippen molar-refractivity contribution in [1.82, 2.24) is 9.88 Å². The summed E-state index contributed by atoms with van der Waals surface area (Å²) in [7, 11) is 0. The number of nitrogen functional groups attached to an aromatic ring is 1. The Balaban J connectivity index is 1.17. The lowest BCUT2D eigenvalue weighted by Crippen LogP contribution is -2.46. The molecule has 0 bridgehead atoms. The van der Waals surface area contributed by atoms with Crippen molar-refractivity contribution in [3.05, 3.63) is 51.7 Å². The van der Waals surface area contributed by atoms with Gasteiger partial charge in [0.1, 0.15) is 0 Å². The van der Waals surface area contributed by atoms with Crippen molar-refractivity contribution in [3.8, 4) is 10.6 Å². The molecule has 7 heteroatoms. The third-order valence-electron chi connectivity index (χ3n) is 5.13. The predicted octanol–water partition coefficient (Wildman–Crippen LogP) is 5.25. The SMILES string of the molecule is Nc1nc(-c2ccc(CCCCN3CCN(c4cccc(Cl)c4)CC3)s2)cs1. The summed E-state index contributed by atoms with van der Waals surface area (Å²) in [4.78, 5) is 12.0. The Morgan fingerprint density at radius 1 is 1.07 bits per heavy atom. The molecule has 2 N–H and O–H groups in total. The van der Waals surface area contributed by atoms with E-state index in [9.17, 15) is 0 Å². The molecule has 1 aliphatic rings. The van der Waals surface area contributed by atoms with Gasteiger partial charge in [0.25, 0.3) is 0 Å². The van der Waals surface area contributed by atoms with Gasteiger partial charge in [0.2, 0.25) is 0 Å². The van der Waals surface area contributed by atoms with Crippen LogP contribution in [-0.2, 0) is 6.42 Å². The molecule has 0 amide bonds. The van der Waals surface area contributed by atoms with Crippen molar-refractivity contribution in [3.63, 3.8) is 0 Å². The number of halogens is 1. The van der Waals surface area contributed by atoms with E-state index in [0.717, 1.165) is 43.3 Å². The van der Waals surface area contributed by atoms with Gasteiger partial charge in [0, 0.05) is 47.1 Å². The number of thiophene rings is 1. The lowest BCUT2D eigenvalue weighted by atomic mass is 10.2. The summed E-state index contributed by atoms with van der Waals surface area (Å²) in [6.45, 7) is 5.59. The first kappa shape index (κ1) is 19.7. The van der Waals surface area contributed by atoms with Crippen LogP contribution in [0.5, 0.6) is 0 Å². The molecule has 148 valence electrons. The highest BCUT2D eigenvalue weighted by Crippen LogP contribution is 2.30. The van der Waals surface area contributed by atoms with E-state index < -0.39 is 0 Å². The van der Waals surface area contributed by atoms with Crippen molar-refractivity contribution < 1.29 is 0 Å². The molecule has 0 radical (unpaired) electrons. The molecule has 3 heterocycles. The van der Waals surface area contributed by atoms with Crippen molar-refractivity contribution in [2.75, 3.05) is 43.4 Å². The van der Waals surface area contributed by atoms with E-state index in [1.54, 1.807) is 0 Å². The van der Waals surface area contributed by atoms with Gasteiger partial charge in [-0.1, -0.05) is 17.7 Å². The monoisotopic (exact) mass is 432 g/mol. The first-order chi connectivity index (χ1) is 13.7. The maximum Gasteiger partial charge on any atom is 0.180 e. The summed E-state index contributed by atoms with van der Waals surface area (Å²) in [5.74, 6) is 0. The largest absolute Gasteiger partial charge is 0.375 e. The second-order valence-electron chi connectivity index (χ2n) is 7.10. The zero-order valence-corrected chi connectivity index (χ0v) is 18.2. The van der Waals surface area contributed by atoms with E-state index in [1.807, 2.05) is 28.8 Å². The Labute approximate surface area is 179 Å². The molecule has 4 rings (SSSR count). The lowest BCUT2D eigenvalue weighted by Gasteiger charge is -2.36. The van der Waals surface area contributed by atoms with Crippen molar-refractivity contribution in [2.24, 2.45) is 0 Å². The van der Waals surface area contributed by atoms with Crippen LogP contribution in [0.1, 0.15) is 17.7 Å². The topological polar surface area (TPSA) is 45.4 Å². The number of rotatable bonds is 7. The molecule has 1 fully saturated rings. The average molecular weight is 433 g/mol. The number of anilines is 2. The number of piperazine rings is 1. The van der Waals surface area contributed by atoms with E-state index in [4.69, 9.17) is 17.3 Å². The van der Waals surface area contributed by atoms with Crippen LogP contribution in [0.3, 0.4) is 0 Å². The number of unbranched alkanes of at least 4 members (excludes halogenated alkanes) is 1. The highest BCUT2D eigenvalue weighted by molar-refractivity contribution is 7.16. The van der Waals surface area contributed by atoms with Gasteiger partial charge in [-0.3, -0.25) is 4.90 Å². The van der Waals surface area contributed by atoms with Gasteiger partial charge in [0.15, 0.2) is 5.13 Å². The number of hydrogen-bond donors (Lipinski definition) is 1. The molecule has 1 aromatic carbocycles. The third kappa shape index (κ3) is 5.06. The predicted molar refractivity (Wildman–Crippen MR) is 123 cm³/mol. The lowest BCUT2D eigenvalue weighted by molar-refractivity contribution is 0.253. The van der Waals surface area contributed by atoms with Crippen LogP contribution in [0.2, 0.25) is 5.02 Å². The number of aryl methyl sites for hydroxylation is 1. The van der Waals surface area contributed by atoms with Crippen LogP contribution in [0.25, 0.3) is 10.6 Å². The number of nitrogens with two attached hydrogens (primary N) is 1. The summed E-state index contributed by atoms with van der Waals surface area (Å²) in [5.41, 5.74) is 7.99.